The predicted octanol–water partition coefficient (Wildman–Crippen LogP) is 2.93. The molecule has 1 rings (SSSR count). The summed E-state index contributed by atoms with van der Waals surface area (Å²) in [7, 11) is 0. The van der Waals surface area contributed by atoms with Gasteiger partial charge in [0.2, 0.25) is 0 Å². The molecule has 1 aliphatic carbocycles. The predicted molar refractivity (Wildman–Crippen MR) is 56.9 cm³/mol. The van der Waals surface area contributed by atoms with Gasteiger partial charge in [-0.25, -0.2) is 0 Å². The topological polar surface area (TPSA) is 26.3 Å². The Labute approximate surface area is 86.3 Å². The standard InChI is InChI=1S/C12H20O2/c1-8(2)11-6-5-9(3)12(7-11)14-10(4)13/h9,11-12H,1,5-7H2,2-4H3/t9?,11-,12-/m1/s1. The smallest absolute Gasteiger partial charge is 0.302 e. The average Bonchev–Trinajstić information content (AvgIpc) is 2.07. The average molecular weight is 196 g/mol. The highest BCUT2D eigenvalue weighted by molar-refractivity contribution is 5.66. The molecule has 3 atom stereocenters. The van der Waals surface area contributed by atoms with Crippen LogP contribution >= 0.6 is 0 Å². The van der Waals surface area contributed by atoms with Crippen LogP contribution in [0.3, 0.4) is 0 Å². The fourth-order valence-corrected chi connectivity index (χ4v) is 2.11. The molecule has 1 unspecified atom stereocenters. The van der Waals surface area contributed by atoms with Crippen molar-refractivity contribution in [3.63, 3.8) is 0 Å². The Morgan fingerprint density at radius 3 is 2.50 bits per heavy atom. The number of carbonyl (C=O) groups is 1. The van der Waals surface area contributed by atoms with E-state index in [-0.39, 0.29) is 12.1 Å². The number of allylic oxidation sites excluding steroid dienone is 1. The monoisotopic (exact) mass is 196 g/mol. The van der Waals surface area contributed by atoms with Crippen molar-refractivity contribution in [3.05, 3.63) is 12.2 Å². The van der Waals surface area contributed by atoms with Crippen LogP contribution in [0.1, 0.15) is 40.0 Å². The van der Waals surface area contributed by atoms with E-state index in [2.05, 4.69) is 20.4 Å². The Hall–Kier alpha value is -0.790. The lowest BCUT2D eigenvalue weighted by molar-refractivity contribution is -0.151. The van der Waals surface area contributed by atoms with Gasteiger partial charge in [-0.1, -0.05) is 19.1 Å². The first-order chi connectivity index (χ1) is 6.50. The molecular formula is C12H20O2. The minimum atomic E-state index is -0.163. The summed E-state index contributed by atoms with van der Waals surface area (Å²) in [5, 5.41) is 0. The van der Waals surface area contributed by atoms with E-state index < -0.39 is 0 Å². The van der Waals surface area contributed by atoms with Crippen molar-refractivity contribution in [3.8, 4) is 0 Å². The van der Waals surface area contributed by atoms with E-state index in [0.29, 0.717) is 11.8 Å². The zero-order valence-electron chi connectivity index (χ0n) is 9.38. The molecule has 0 amide bonds. The molecule has 0 heterocycles. The minimum absolute atomic E-state index is 0.1000. The molecule has 0 aromatic rings. The van der Waals surface area contributed by atoms with Crippen LogP contribution in [-0.4, -0.2) is 12.1 Å². The second kappa shape index (κ2) is 4.63. The summed E-state index contributed by atoms with van der Waals surface area (Å²) >= 11 is 0. The van der Waals surface area contributed by atoms with Gasteiger partial charge in [0.15, 0.2) is 0 Å². The van der Waals surface area contributed by atoms with Gasteiger partial charge in [-0.05, 0) is 38.0 Å². The summed E-state index contributed by atoms with van der Waals surface area (Å²) in [6, 6.07) is 0. The van der Waals surface area contributed by atoms with Gasteiger partial charge in [0.25, 0.3) is 0 Å². The maximum absolute atomic E-state index is 10.9. The van der Waals surface area contributed by atoms with E-state index >= 15 is 0 Å². The van der Waals surface area contributed by atoms with E-state index in [0.717, 1.165) is 12.8 Å². The Morgan fingerprint density at radius 1 is 1.36 bits per heavy atom. The molecular weight excluding hydrogens is 176 g/mol. The number of hydrogen-bond donors (Lipinski definition) is 0. The van der Waals surface area contributed by atoms with Crippen LogP contribution in [0.15, 0.2) is 12.2 Å². The van der Waals surface area contributed by atoms with Crippen molar-refractivity contribution in [2.75, 3.05) is 0 Å². The van der Waals surface area contributed by atoms with Gasteiger partial charge in [-0.3, -0.25) is 4.79 Å². The van der Waals surface area contributed by atoms with E-state index in [4.69, 9.17) is 4.74 Å². The van der Waals surface area contributed by atoms with Crippen LogP contribution in [0.4, 0.5) is 0 Å². The molecule has 0 aromatic carbocycles. The number of ether oxygens (including phenoxy) is 1. The molecule has 1 saturated carbocycles. The summed E-state index contributed by atoms with van der Waals surface area (Å²) in [5.74, 6) is 0.870. The second-order valence-corrected chi connectivity index (χ2v) is 4.48. The normalized spacial score (nSPS) is 32.4. The lowest BCUT2D eigenvalue weighted by Crippen LogP contribution is -2.31. The van der Waals surface area contributed by atoms with E-state index in [1.807, 2.05) is 0 Å². The molecule has 0 aromatic heterocycles. The van der Waals surface area contributed by atoms with Crippen LogP contribution in [0.5, 0.6) is 0 Å². The third-order valence-corrected chi connectivity index (χ3v) is 3.14. The van der Waals surface area contributed by atoms with Gasteiger partial charge >= 0.3 is 5.97 Å². The number of esters is 1. The molecule has 0 aliphatic heterocycles. The van der Waals surface area contributed by atoms with Gasteiger partial charge in [0, 0.05) is 6.92 Å². The SMILES string of the molecule is C=C(C)[C@@H]1CCC(C)[C@H](OC(C)=O)C1. The summed E-state index contributed by atoms with van der Waals surface area (Å²) in [5.41, 5.74) is 1.22. The number of carbonyl (C=O) groups excluding carboxylic acids is 1. The Morgan fingerprint density at radius 2 is 2.00 bits per heavy atom. The molecule has 2 nitrogen and oxygen atoms in total. The van der Waals surface area contributed by atoms with Crippen molar-refractivity contribution in [1.29, 1.82) is 0 Å². The van der Waals surface area contributed by atoms with Crippen LogP contribution in [-0.2, 0) is 9.53 Å². The largest absolute Gasteiger partial charge is 0.462 e. The molecule has 1 fully saturated rings. The molecule has 14 heavy (non-hydrogen) atoms. The highest BCUT2D eigenvalue weighted by Crippen LogP contribution is 2.34. The van der Waals surface area contributed by atoms with Crippen LogP contribution in [0.2, 0.25) is 0 Å². The van der Waals surface area contributed by atoms with Crippen LogP contribution in [0, 0.1) is 11.8 Å². The zero-order valence-corrected chi connectivity index (χ0v) is 9.38. The molecule has 0 spiro atoms. The zero-order chi connectivity index (χ0) is 10.7. The quantitative estimate of drug-likeness (QED) is 0.501. The van der Waals surface area contributed by atoms with E-state index in [1.54, 1.807) is 0 Å². The third-order valence-electron chi connectivity index (χ3n) is 3.14. The highest BCUT2D eigenvalue weighted by atomic mass is 16.5. The molecule has 0 N–H and O–H groups in total. The summed E-state index contributed by atoms with van der Waals surface area (Å²) in [4.78, 5) is 10.9. The Bertz CT molecular complexity index is 232. The molecule has 0 radical (unpaired) electrons. The van der Waals surface area contributed by atoms with Crippen molar-refractivity contribution in [1.82, 2.24) is 0 Å². The van der Waals surface area contributed by atoms with Crippen molar-refractivity contribution >= 4 is 5.97 Å². The van der Waals surface area contributed by atoms with Crippen molar-refractivity contribution < 1.29 is 9.53 Å². The molecule has 80 valence electrons. The highest BCUT2D eigenvalue weighted by Gasteiger charge is 2.29. The molecule has 1 aliphatic rings. The number of hydrogen-bond acceptors (Lipinski definition) is 2. The molecule has 2 heteroatoms. The van der Waals surface area contributed by atoms with Gasteiger partial charge in [-0.15, -0.1) is 0 Å². The second-order valence-electron chi connectivity index (χ2n) is 4.48. The minimum Gasteiger partial charge on any atom is -0.462 e. The van der Waals surface area contributed by atoms with E-state index in [9.17, 15) is 4.79 Å². The van der Waals surface area contributed by atoms with Gasteiger partial charge in [0.05, 0.1) is 0 Å². The first kappa shape index (κ1) is 11.3. The summed E-state index contributed by atoms with van der Waals surface area (Å²) in [6.07, 6.45) is 3.38. The fraction of sp³-hybridized carbons (Fsp3) is 0.750. The summed E-state index contributed by atoms with van der Waals surface area (Å²) < 4.78 is 5.30. The van der Waals surface area contributed by atoms with Crippen molar-refractivity contribution in [2.24, 2.45) is 11.8 Å². The first-order valence-electron chi connectivity index (χ1n) is 5.33. The first-order valence-corrected chi connectivity index (χ1v) is 5.33. The number of rotatable bonds is 2. The fourth-order valence-electron chi connectivity index (χ4n) is 2.11. The lowest BCUT2D eigenvalue weighted by Gasteiger charge is -2.33. The lowest BCUT2D eigenvalue weighted by atomic mass is 9.78. The Balaban J connectivity index is 2.55. The Kier molecular flexibility index (Phi) is 3.73. The molecule has 0 saturated heterocycles. The van der Waals surface area contributed by atoms with Crippen molar-refractivity contribution in [2.45, 2.75) is 46.1 Å². The van der Waals surface area contributed by atoms with Gasteiger partial charge < -0.3 is 4.74 Å². The summed E-state index contributed by atoms with van der Waals surface area (Å²) in [6.45, 7) is 9.68. The van der Waals surface area contributed by atoms with Crippen LogP contribution in [0.25, 0.3) is 0 Å². The maximum Gasteiger partial charge on any atom is 0.302 e. The maximum atomic E-state index is 10.9. The third kappa shape index (κ3) is 2.86. The van der Waals surface area contributed by atoms with E-state index in [1.165, 1.54) is 18.9 Å². The molecule has 0 bridgehead atoms. The van der Waals surface area contributed by atoms with Crippen LogP contribution < -0.4 is 0 Å². The van der Waals surface area contributed by atoms with Gasteiger partial charge in [-0.2, -0.15) is 0 Å². The van der Waals surface area contributed by atoms with Gasteiger partial charge in [0.1, 0.15) is 6.10 Å².